The van der Waals surface area contributed by atoms with E-state index in [1.807, 2.05) is 0 Å². The number of pyridine rings is 1. The summed E-state index contributed by atoms with van der Waals surface area (Å²) < 4.78 is 0. The number of Topliss-reactive ketones (excluding diaryl/α,β-unsaturated/α-hetero) is 1. The molecule has 2 aromatic rings. The van der Waals surface area contributed by atoms with Gasteiger partial charge in [-0.1, -0.05) is 18.9 Å². The van der Waals surface area contributed by atoms with Gasteiger partial charge in [-0.15, -0.1) is 0 Å². The van der Waals surface area contributed by atoms with Crippen LogP contribution < -0.4 is 10.6 Å². The minimum Gasteiger partial charge on any atom is -0.348 e. The highest BCUT2D eigenvalue weighted by atomic mass is 16.2. The molecular weight excluding hydrogens is 330 g/mol. The lowest BCUT2D eigenvalue weighted by Gasteiger charge is -2.12. The summed E-state index contributed by atoms with van der Waals surface area (Å²) in [6, 6.07) is 11.6. The Labute approximate surface area is 152 Å². The Morgan fingerprint density at radius 1 is 0.923 bits per heavy atom. The van der Waals surface area contributed by atoms with Gasteiger partial charge in [0.25, 0.3) is 11.8 Å². The van der Waals surface area contributed by atoms with Crippen LogP contribution in [0, 0.1) is 0 Å². The number of nitrogens with zero attached hydrogens (tertiary/aromatic N) is 1. The first kappa shape index (κ1) is 17.8. The molecule has 1 heterocycles. The molecule has 1 saturated carbocycles. The summed E-state index contributed by atoms with van der Waals surface area (Å²) in [5.74, 6) is -0.695. The molecule has 3 rings (SSSR count). The van der Waals surface area contributed by atoms with Crippen LogP contribution in [0.2, 0.25) is 0 Å². The molecule has 2 N–H and O–H groups in total. The van der Waals surface area contributed by atoms with Crippen LogP contribution in [0.3, 0.4) is 0 Å². The third-order valence-electron chi connectivity index (χ3n) is 4.45. The number of aromatic nitrogens is 1. The molecule has 1 aliphatic rings. The van der Waals surface area contributed by atoms with E-state index in [2.05, 4.69) is 15.6 Å². The summed E-state index contributed by atoms with van der Waals surface area (Å²) in [5.41, 5.74) is 1.53. The van der Waals surface area contributed by atoms with Crippen LogP contribution in [0.25, 0.3) is 0 Å². The van der Waals surface area contributed by atoms with Crippen LogP contribution in [-0.4, -0.2) is 28.6 Å². The smallest absolute Gasteiger partial charge is 0.274 e. The number of ketones is 1. The molecule has 6 nitrogen and oxygen atoms in total. The Morgan fingerprint density at radius 2 is 1.54 bits per heavy atom. The zero-order valence-electron chi connectivity index (χ0n) is 14.6. The van der Waals surface area contributed by atoms with Gasteiger partial charge in [-0.05, 0) is 56.2 Å². The second-order valence-corrected chi connectivity index (χ2v) is 6.45. The van der Waals surface area contributed by atoms with Crippen LogP contribution in [0.1, 0.15) is 63.9 Å². The summed E-state index contributed by atoms with van der Waals surface area (Å²) in [4.78, 5) is 40.1. The monoisotopic (exact) mass is 351 g/mol. The number of rotatable bonds is 5. The fraction of sp³-hybridized carbons (Fsp3) is 0.300. The Balaban J connectivity index is 1.67. The molecule has 0 unspecified atom stereocenters. The first-order valence-corrected chi connectivity index (χ1v) is 8.73. The lowest BCUT2D eigenvalue weighted by molar-refractivity contribution is 0.0931. The molecule has 6 heteroatoms. The number of hydrogen-bond acceptors (Lipinski definition) is 4. The molecule has 1 aliphatic carbocycles. The zero-order chi connectivity index (χ0) is 18.5. The summed E-state index contributed by atoms with van der Waals surface area (Å²) in [6.45, 7) is 1.49. The maximum absolute atomic E-state index is 12.4. The maximum Gasteiger partial charge on any atom is 0.274 e. The second kappa shape index (κ2) is 7.91. The standard InChI is InChI=1S/C20H21N3O3/c1-13(24)14-9-11-16(12-10-14)22-20(26)18-8-4-7-17(23-18)19(25)21-15-5-2-3-6-15/h4,7-12,15H,2-3,5-6H2,1H3,(H,21,25)(H,22,26). The largest absolute Gasteiger partial charge is 0.348 e. The Morgan fingerprint density at radius 3 is 2.15 bits per heavy atom. The van der Waals surface area contributed by atoms with Crippen LogP contribution in [0.4, 0.5) is 5.69 Å². The van der Waals surface area contributed by atoms with Gasteiger partial charge in [-0.2, -0.15) is 0 Å². The van der Waals surface area contributed by atoms with Gasteiger partial charge in [-0.3, -0.25) is 14.4 Å². The first-order valence-electron chi connectivity index (χ1n) is 8.73. The van der Waals surface area contributed by atoms with Gasteiger partial charge in [0.2, 0.25) is 0 Å². The van der Waals surface area contributed by atoms with Crippen molar-refractivity contribution >= 4 is 23.3 Å². The van der Waals surface area contributed by atoms with Crippen molar-refractivity contribution in [2.24, 2.45) is 0 Å². The predicted molar refractivity (Wildman–Crippen MR) is 98.4 cm³/mol. The molecule has 2 amide bonds. The van der Waals surface area contributed by atoms with E-state index in [0.29, 0.717) is 11.3 Å². The van der Waals surface area contributed by atoms with E-state index in [9.17, 15) is 14.4 Å². The van der Waals surface area contributed by atoms with E-state index in [1.165, 1.54) is 6.92 Å². The van der Waals surface area contributed by atoms with Gasteiger partial charge < -0.3 is 10.6 Å². The summed E-state index contributed by atoms with van der Waals surface area (Å²) in [6.07, 6.45) is 4.23. The van der Waals surface area contributed by atoms with Crippen molar-refractivity contribution < 1.29 is 14.4 Å². The molecule has 0 radical (unpaired) electrons. The molecule has 1 aromatic carbocycles. The number of amides is 2. The highest BCUT2D eigenvalue weighted by molar-refractivity contribution is 6.04. The van der Waals surface area contributed by atoms with Gasteiger partial charge in [-0.25, -0.2) is 4.98 Å². The van der Waals surface area contributed by atoms with Crippen LogP contribution in [-0.2, 0) is 0 Å². The average molecular weight is 351 g/mol. The van der Waals surface area contributed by atoms with Crippen LogP contribution in [0.15, 0.2) is 42.5 Å². The van der Waals surface area contributed by atoms with Crippen molar-refractivity contribution in [2.75, 3.05) is 5.32 Å². The topological polar surface area (TPSA) is 88.2 Å². The van der Waals surface area contributed by atoms with Crippen LogP contribution in [0.5, 0.6) is 0 Å². The molecule has 0 aliphatic heterocycles. The van der Waals surface area contributed by atoms with Crippen molar-refractivity contribution in [2.45, 2.75) is 38.6 Å². The SMILES string of the molecule is CC(=O)c1ccc(NC(=O)c2cccc(C(=O)NC3CCCC3)n2)cc1. The number of nitrogens with one attached hydrogen (secondary N) is 2. The molecule has 0 atom stereocenters. The predicted octanol–water partition coefficient (Wildman–Crippen LogP) is 3.21. The lowest BCUT2D eigenvalue weighted by Crippen LogP contribution is -2.33. The average Bonchev–Trinajstić information content (AvgIpc) is 3.15. The molecule has 0 spiro atoms. The van der Waals surface area contributed by atoms with Gasteiger partial charge in [0.05, 0.1) is 0 Å². The molecule has 134 valence electrons. The second-order valence-electron chi connectivity index (χ2n) is 6.45. The van der Waals surface area contributed by atoms with Gasteiger partial charge >= 0.3 is 0 Å². The molecule has 1 fully saturated rings. The molecular formula is C20H21N3O3. The van der Waals surface area contributed by atoms with Crippen molar-refractivity contribution in [3.05, 3.63) is 59.4 Å². The van der Waals surface area contributed by atoms with Crippen molar-refractivity contribution in [1.29, 1.82) is 0 Å². The fourth-order valence-electron chi connectivity index (χ4n) is 3.00. The Hall–Kier alpha value is -3.02. The molecule has 26 heavy (non-hydrogen) atoms. The highest BCUT2D eigenvalue weighted by Crippen LogP contribution is 2.18. The number of carbonyl (C=O) groups excluding carboxylic acids is 3. The lowest BCUT2D eigenvalue weighted by atomic mass is 10.1. The molecule has 0 bridgehead atoms. The fourth-order valence-corrected chi connectivity index (χ4v) is 3.00. The van der Waals surface area contributed by atoms with E-state index in [-0.39, 0.29) is 29.1 Å². The van der Waals surface area contributed by atoms with E-state index >= 15 is 0 Å². The molecule has 1 aromatic heterocycles. The Kier molecular flexibility index (Phi) is 5.41. The summed E-state index contributed by atoms with van der Waals surface area (Å²) in [5, 5.41) is 5.68. The van der Waals surface area contributed by atoms with Gasteiger partial charge in [0.1, 0.15) is 11.4 Å². The summed E-state index contributed by atoms with van der Waals surface area (Å²) >= 11 is 0. The highest BCUT2D eigenvalue weighted by Gasteiger charge is 2.19. The number of hydrogen-bond donors (Lipinski definition) is 2. The number of benzene rings is 1. The first-order chi connectivity index (χ1) is 12.5. The minimum atomic E-state index is -0.406. The molecule has 0 saturated heterocycles. The Bertz CT molecular complexity index is 824. The van der Waals surface area contributed by atoms with Gasteiger partial charge in [0.15, 0.2) is 5.78 Å². The summed E-state index contributed by atoms with van der Waals surface area (Å²) in [7, 11) is 0. The quantitative estimate of drug-likeness (QED) is 0.810. The number of carbonyl (C=O) groups is 3. The zero-order valence-corrected chi connectivity index (χ0v) is 14.6. The van der Waals surface area contributed by atoms with Crippen molar-refractivity contribution in [1.82, 2.24) is 10.3 Å². The normalized spacial score (nSPS) is 14.0. The van der Waals surface area contributed by atoms with Crippen molar-refractivity contribution in [3.63, 3.8) is 0 Å². The van der Waals surface area contributed by atoms with E-state index in [0.717, 1.165) is 25.7 Å². The maximum atomic E-state index is 12.4. The van der Waals surface area contributed by atoms with Crippen LogP contribution >= 0.6 is 0 Å². The van der Waals surface area contributed by atoms with Gasteiger partial charge in [0, 0.05) is 17.3 Å². The third kappa shape index (κ3) is 4.33. The van der Waals surface area contributed by atoms with Crippen molar-refractivity contribution in [3.8, 4) is 0 Å². The van der Waals surface area contributed by atoms with E-state index < -0.39 is 5.91 Å². The third-order valence-corrected chi connectivity index (χ3v) is 4.45. The minimum absolute atomic E-state index is 0.0366. The van der Waals surface area contributed by atoms with E-state index in [1.54, 1.807) is 42.5 Å². The van der Waals surface area contributed by atoms with E-state index in [4.69, 9.17) is 0 Å². The number of anilines is 1.